The highest BCUT2D eigenvalue weighted by atomic mass is 16.6. The number of allylic oxidation sites excluding steroid dienone is 6. The first-order chi connectivity index (χ1) is 60.4. The molecule has 34 heteroatoms. The molecule has 0 aromatic heterocycles. The molecule has 8 aromatic carbocycles. The topological polar surface area (TPSA) is 474 Å². The zero-order chi connectivity index (χ0) is 93.4. The molecule has 0 fully saturated rings. The number of nitrogens with two attached hydrogens (primary N) is 1. The molecule has 4 aliphatic rings. The smallest absolute Gasteiger partial charge is 0.414 e. The van der Waals surface area contributed by atoms with Crippen LogP contribution in [0.2, 0.25) is 0 Å². The number of rotatable bonds is 29. The summed E-state index contributed by atoms with van der Waals surface area (Å²) >= 11 is 0. The van der Waals surface area contributed by atoms with E-state index in [0.29, 0.717) is 84.8 Å². The molecule has 8 aromatic rings. The Labute approximate surface area is 730 Å². The largest absolute Gasteiger partial charge is 0.508 e. The first-order valence-corrected chi connectivity index (χ1v) is 38.7. The van der Waals surface area contributed by atoms with E-state index in [1.807, 2.05) is 36.4 Å². The number of cyclic esters (lactones) is 4. The zero-order valence-corrected chi connectivity index (χ0v) is 71.8. The lowest BCUT2D eigenvalue weighted by atomic mass is 10.0. The van der Waals surface area contributed by atoms with Crippen LogP contribution in [0.5, 0.6) is 46.0 Å². The quantitative estimate of drug-likeness (QED) is 0.00520. The van der Waals surface area contributed by atoms with Gasteiger partial charge in [-0.15, -0.1) is 39.5 Å². The lowest BCUT2D eigenvalue weighted by Gasteiger charge is -2.27. The number of nitro benzene ring substituents is 2. The number of aldehydes is 1. The summed E-state index contributed by atoms with van der Waals surface area (Å²) in [6.45, 7) is 21.4. The number of aliphatic hydroxyl groups excluding tert-OH is 6. The molecular weight excluding hydrogens is 1640 g/mol. The summed E-state index contributed by atoms with van der Waals surface area (Å²) < 4.78 is 51.2. The van der Waals surface area contributed by atoms with Crippen molar-refractivity contribution in [2.75, 3.05) is 96.2 Å². The number of benzene rings is 8. The van der Waals surface area contributed by atoms with Gasteiger partial charge in [0.1, 0.15) is 78.7 Å². The fraction of sp³-hybridized carbons (Fsp3) is 0.293. The molecule has 0 saturated carbocycles. The van der Waals surface area contributed by atoms with E-state index in [1.54, 1.807) is 122 Å². The van der Waals surface area contributed by atoms with Crippen LogP contribution in [0.3, 0.4) is 0 Å². The number of nitro groups is 2. The standard InChI is InChI=1S/C13H17NO5.C13H15NO3.C12H13NO4.C12H13NO3.C11H13NO4.C11H15NO2.C10H11NO4.C10H12O2/c1-14-11-4-8(3-10(16)6-15)12(18-2)5-9(11)7-19-13(14)17;1-4-5-9-6-11-10(7-12(9)16-3)8-17-13(15)14(11)2;1-13-10-5-8(3-4-14)11(16-2)6-9(10)7-17-12(13)15;1-3-4-8-5-10-9(6-11(8)15-2)7-16-12(14)13-10;1-3-4-8-5-10(12(14)15)9(7-13)6-11(8)16-2;1-3-4-8-5-10(12)9(7-13)6-11(8)14-2;1-2-3-7-4-9(11(14)15)8(6-12)5-10(7)13;1-2-3-9-5-4-8(7-11)6-10(9)12/h4-5,10,15-16H,3,6-7H2,1-2H3;4,6-7H,1,5,8H2,2-3H3;4-6H,3,7H2,1-2H3;3,5-6H,1,4,7H2,2H3,(H,13,14);3,5-6,13H,1,4,7H2,2H3;3,5-6,13H,1,4,7,12H2,2H3;2,4-5,12-13H,1,3,6H2;2,4-6,11-12H,1,3,7H2. The van der Waals surface area contributed by atoms with Crippen LogP contribution in [0.25, 0.3) is 0 Å². The maximum Gasteiger partial charge on any atom is 0.414 e. The number of nitrogen functional groups attached to an aromatic ring is 1. The molecule has 1 atom stereocenters. The number of phenolic OH excluding ortho intramolecular Hbond substituents is 2. The minimum atomic E-state index is -0.854. The molecule has 34 nitrogen and oxygen atoms in total. The number of amides is 4. The van der Waals surface area contributed by atoms with Gasteiger partial charge in [-0.05, 0) is 151 Å². The fourth-order valence-electron chi connectivity index (χ4n) is 12.7. The number of phenols is 2. The summed E-state index contributed by atoms with van der Waals surface area (Å²) in [5, 5.41) is 97.1. The minimum Gasteiger partial charge on any atom is -0.508 e. The average molecular weight is 1740 g/mol. The molecule has 4 aliphatic heterocycles. The Kier molecular flexibility index (Phi) is 41.9. The van der Waals surface area contributed by atoms with Gasteiger partial charge >= 0.3 is 24.4 Å². The number of nitrogens with zero attached hydrogens (tertiary/aromatic N) is 5. The van der Waals surface area contributed by atoms with Crippen molar-refractivity contribution in [3.63, 3.8) is 0 Å². The summed E-state index contributed by atoms with van der Waals surface area (Å²) in [5.74, 6) is 4.26. The molecule has 11 N–H and O–H groups in total. The van der Waals surface area contributed by atoms with Crippen molar-refractivity contribution in [2.45, 2.75) is 110 Å². The number of carbonyl (C=O) groups is 5. The predicted molar refractivity (Wildman–Crippen MR) is 475 cm³/mol. The molecule has 0 bridgehead atoms. The molecule has 0 radical (unpaired) electrons. The van der Waals surface area contributed by atoms with Crippen LogP contribution in [0.4, 0.5) is 59.0 Å². The Morgan fingerprint density at radius 3 is 1.17 bits per heavy atom. The van der Waals surface area contributed by atoms with Gasteiger partial charge in [-0.1, -0.05) is 48.6 Å². The van der Waals surface area contributed by atoms with Crippen molar-refractivity contribution in [1.82, 2.24) is 0 Å². The minimum absolute atomic E-state index is 0.0398. The van der Waals surface area contributed by atoms with Crippen molar-refractivity contribution in [3.05, 3.63) is 288 Å². The van der Waals surface area contributed by atoms with Crippen LogP contribution in [-0.4, -0.2) is 158 Å². The number of anilines is 5. The molecule has 1 unspecified atom stereocenters. The number of aromatic hydroxyl groups is 2. The number of fused-ring (bicyclic) bond motifs is 4. The Bertz CT molecular complexity index is 5090. The molecule has 0 aliphatic carbocycles. The van der Waals surface area contributed by atoms with Gasteiger partial charge in [-0.2, -0.15) is 0 Å². The number of hydrogen-bond donors (Lipinski definition) is 10. The van der Waals surface area contributed by atoms with Crippen molar-refractivity contribution < 1.29 is 122 Å². The maximum atomic E-state index is 11.5. The van der Waals surface area contributed by atoms with E-state index in [9.17, 15) is 59.5 Å². The maximum absolute atomic E-state index is 11.5. The fourth-order valence-corrected chi connectivity index (χ4v) is 12.7. The van der Waals surface area contributed by atoms with Gasteiger partial charge in [0.25, 0.3) is 11.4 Å². The number of ether oxygens (including phenoxy) is 10. The summed E-state index contributed by atoms with van der Waals surface area (Å²) in [6.07, 6.45) is 12.8. The van der Waals surface area contributed by atoms with Crippen molar-refractivity contribution in [2.24, 2.45) is 0 Å². The van der Waals surface area contributed by atoms with Gasteiger partial charge < -0.3 is 98.7 Å². The average Bonchev–Trinajstić information content (AvgIpc) is 0.800. The second-order valence-electron chi connectivity index (χ2n) is 27.5. The third-order valence-corrected chi connectivity index (χ3v) is 19.2. The van der Waals surface area contributed by atoms with Crippen molar-refractivity contribution in [1.29, 1.82) is 0 Å². The number of aliphatic hydroxyl groups is 6. The highest BCUT2D eigenvalue weighted by molar-refractivity contribution is 5.92. The third-order valence-electron chi connectivity index (χ3n) is 19.2. The number of carbonyl (C=O) groups excluding carboxylic acids is 5. The monoisotopic (exact) mass is 1740 g/mol. The van der Waals surface area contributed by atoms with Gasteiger partial charge in [0.15, 0.2) is 0 Å². The first kappa shape index (κ1) is 102. The van der Waals surface area contributed by atoms with Crippen LogP contribution in [0, 0.1) is 20.2 Å². The Morgan fingerprint density at radius 2 is 0.770 bits per heavy atom. The van der Waals surface area contributed by atoms with Gasteiger partial charge in [0.2, 0.25) is 0 Å². The summed E-state index contributed by atoms with van der Waals surface area (Å²) in [5.41, 5.74) is 21.0. The normalized spacial score (nSPS) is 12.3. The summed E-state index contributed by atoms with van der Waals surface area (Å²) in [4.78, 5) is 80.6. The Hall–Kier alpha value is -14.3. The molecule has 4 amide bonds. The van der Waals surface area contributed by atoms with Crippen LogP contribution in [0.1, 0.15) is 89.0 Å². The van der Waals surface area contributed by atoms with E-state index >= 15 is 0 Å². The molecule has 126 heavy (non-hydrogen) atoms. The number of hydrogen-bond acceptors (Lipinski definition) is 28. The molecule has 674 valence electrons. The van der Waals surface area contributed by atoms with E-state index < -0.39 is 34.7 Å². The van der Waals surface area contributed by atoms with Gasteiger partial charge in [-0.25, -0.2) is 19.2 Å². The van der Waals surface area contributed by atoms with Crippen molar-refractivity contribution in [3.8, 4) is 46.0 Å². The summed E-state index contributed by atoms with van der Waals surface area (Å²) in [7, 11) is 14.4. The number of methoxy groups -OCH3 is 6. The van der Waals surface area contributed by atoms with Crippen LogP contribution in [0.15, 0.2) is 179 Å². The van der Waals surface area contributed by atoms with Crippen LogP contribution < -0.4 is 54.2 Å². The molecule has 0 saturated heterocycles. The molecule has 12 rings (SSSR count). The Morgan fingerprint density at radius 1 is 0.429 bits per heavy atom. The Balaban J connectivity index is 0.000000256. The van der Waals surface area contributed by atoms with E-state index in [4.69, 9.17) is 78.6 Å². The van der Waals surface area contributed by atoms with Gasteiger partial charge in [0, 0.05) is 96.3 Å². The highest BCUT2D eigenvalue weighted by Crippen LogP contribution is 2.39. The van der Waals surface area contributed by atoms with Crippen molar-refractivity contribution >= 4 is 70.5 Å². The second-order valence-corrected chi connectivity index (χ2v) is 27.5. The van der Waals surface area contributed by atoms with E-state index in [-0.39, 0.29) is 105 Å². The predicted octanol–water partition coefficient (Wildman–Crippen LogP) is 13.7. The molecular formula is C92H109N7O27. The van der Waals surface area contributed by atoms with E-state index in [2.05, 4.69) is 44.8 Å². The second kappa shape index (κ2) is 51.6. The van der Waals surface area contributed by atoms with Gasteiger partial charge in [-0.3, -0.25) is 40.2 Å². The SMILES string of the molecule is C=CCc1cc(N)c(CO)cc1OC.C=CCc1cc([N+](=O)[O-])c(CO)cc1O.C=CCc1cc([N+](=O)[O-])c(CO)cc1OC.C=CCc1cc2c(cc1OC)COC(=O)N2.C=CCc1cc2c(cc1OC)COC(=O)N2C.C=CCc1ccc(CO)cc1O.COc1cc2c(cc1CC(O)CO)N(C)C(=O)OC2.COc1cc2c(cc1CC=O)N(C)C(=O)OC2. The first-order valence-electron chi connectivity index (χ1n) is 38.7. The van der Waals surface area contributed by atoms with Gasteiger partial charge in [0.05, 0.1) is 126 Å². The zero-order valence-electron chi connectivity index (χ0n) is 71.8. The van der Waals surface area contributed by atoms with Crippen LogP contribution in [-0.2, 0) is 128 Å². The van der Waals surface area contributed by atoms with E-state index in [0.717, 1.165) is 107 Å². The molecule has 0 spiro atoms. The number of nitrogens with one attached hydrogen (secondary N) is 1. The van der Waals surface area contributed by atoms with E-state index in [1.165, 1.54) is 59.3 Å². The summed E-state index contributed by atoms with van der Waals surface area (Å²) in [6, 6.07) is 28.9. The third kappa shape index (κ3) is 28.4. The lowest BCUT2D eigenvalue weighted by Crippen LogP contribution is -2.32. The highest BCUT2D eigenvalue weighted by Gasteiger charge is 2.29. The molecule has 4 heterocycles. The van der Waals surface area contributed by atoms with Crippen LogP contribution >= 0.6 is 0 Å². The lowest BCUT2D eigenvalue weighted by molar-refractivity contribution is -0.386.